The second kappa shape index (κ2) is 8.70. The summed E-state index contributed by atoms with van der Waals surface area (Å²) in [5, 5.41) is 6.72. The Morgan fingerprint density at radius 3 is 2.79 bits per heavy atom. The van der Waals surface area contributed by atoms with Crippen molar-refractivity contribution < 1.29 is 18.0 Å². The zero-order chi connectivity index (χ0) is 23.8. The number of benzene rings is 1. The first-order valence-corrected chi connectivity index (χ1v) is 10.2. The largest absolute Gasteiger partial charge is 0.382 e. The van der Waals surface area contributed by atoms with E-state index in [1.807, 2.05) is 0 Å². The molecule has 0 radical (unpaired) electrons. The van der Waals surface area contributed by atoms with Crippen molar-refractivity contribution >= 4 is 23.2 Å². The first kappa shape index (κ1) is 22.5. The van der Waals surface area contributed by atoms with Gasteiger partial charge in [-0.25, -0.2) is 23.1 Å². The fraction of sp³-hybridized carbons (Fsp3) is 0.333. The maximum Gasteiger partial charge on any atom is 0.278 e. The number of amides is 1. The fourth-order valence-electron chi connectivity index (χ4n) is 3.85. The number of nitrogens with two attached hydrogens (primary N) is 2. The molecule has 9 nitrogen and oxygen atoms in total. The number of nitrogens with one attached hydrogen (secondary N) is 1. The fourth-order valence-corrected chi connectivity index (χ4v) is 3.85. The summed E-state index contributed by atoms with van der Waals surface area (Å²) < 4.78 is 44.2. The van der Waals surface area contributed by atoms with Gasteiger partial charge in [0, 0.05) is 31.6 Å². The van der Waals surface area contributed by atoms with Crippen LogP contribution in [0.3, 0.4) is 0 Å². The minimum atomic E-state index is -2.99. The quantitative estimate of drug-likeness (QED) is 0.545. The maximum absolute atomic E-state index is 14.3. The molecule has 3 aromatic rings. The number of carbonyl (C=O) groups excluding carboxylic acids is 1. The van der Waals surface area contributed by atoms with Crippen LogP contribution in [0.25, 0.3) is 11.3 Å². The Hall–Kier alpha value is -3.67. The zero-order valence-corrected chi connectivity index (χ0v) is 17.8. The van der Waals surface area contributed by atoms with Crippen LogP contribution >= 0.6 is 0 Å². The molecule has 1 amide bonds. The van der Waals surface area contributed by atoms with E-state index in [2.05, 4.69) is 20.4 Å². The molecular formula is C21H23F3N8O. The third kappa shape index (κ3) is 4.75. The molecule has 1 aliphatic heterocycles. The minimum absolute atomic E-state index is 0.125. The lowest BCUT2D eigenvalue weighted by atomic mass is 10.1. The van der Waals surface area contributed by atoms with E-state index in [1.165, 1.54) is 40.2 Å². The third-order valence-electron chi connectivity index (χ3n) is 5.37. The minimum Gasteiger partial charge on any atom is -0.382 e. The molecule has 0 bridgehead atoms. The number of aryl methyl sites for hydroxylation is 1. The molecule has 1 aliphatic rings. The van der Waals surface area contributed by atoms with Crippen molar-refractivity contribution in [3.05, 3.63) is 48.2 Å². The predicted molar refractivity (Wildman–Crippen MR) is 117 cm³/mol. The smallest absolute Gasteiger partial charge is 0.278 e. The van der Waals surface area contributed by atoms with Crippen molar-refractivity contribution in [2.45, 2.75) is 24.8 Å². The average molecular weight is 460 g/mol. The molecule has 5 N–H and O–H groups in total. The molecule has 33 heavy (non-hydrogen) atoms. The summed E-state index contributed by atoms with van der Waals surface area (Å²) in [6, 6.07) is 5.28. The SMILES string of the molecule is Cn1ncc(NC(=O)c2nc(-c3ccccc3F)cnc2N)c1N1CC[C@@H](N)CC(F)(F)C1. The van der Waals surface area contributed by atoms with Crippen LogP contribution in [0.2, 0.25) is 0 Å². The van der Waals surface area contributed by atoms with Crippen LogP contribution in [0.4, 0.5) is 30.5 Å². The number of aromatic nitrogens is 4. The van der Waals surface area contributed by atoms with Crippen molar-refractivity contribution in [1.82, 2.24) is 19.7 Å². The number of hydrogen-bond acceptors (Lipinski definition) is 7. The van der Waals surface area contributed by atoms with Gasteiger partial charge in [0.1, 0.15) is 11.5 Å². The molecular weight excluding hydrogens is 437 g/mol. The van der Waals surface area contributed by atoms with E-state index in [1.54, 1.807) is 13.1 Å². The van der Waals surface area contributed by atoms with E-state index >= 15 is 0 Å². The lowest BCUT2D eigenvalue weighted by molar-refractivity contribution is -0.000527. The van der Waals surface area contributed by atoms with Gasteiger partial charge in [-0.1, -0.05) is 12.1 Å². The zero-order valence-electron chi connectivity index (χ0n) is 17.8. The molecule has 1 atom stereocenters. The van der Waals surface area contributed by atoms with Crippen LogP contribution in [-0.4, -0.2) is 50.7 Å². The Balaban J connectivity index is 1.63. The Morgan fingerprint density at radius 2 is 2.03 bits per heavy atom. The third-order valence-corrected chi connectivity index (χ3v) is 5.37. The standard InChI is InChI=1S/C21H23F3N8O/c1-31-20(32-7-6-12(25)8-21(23,24)11-32)16(10-28-31)30-19(33)17-18(26)27-9-15(29-17)13-4-2-3-5-14(13)22/h2-5,9-10,12H,6-8,11,25H2,1H3,(H2,26,27)(H,30,33)/t12-/m1/s1. The van der Waals surface area contributed by atoms with Gasteiger partial charge in [0.25, 0.3) is 11.8 Å². The molecule has 1 fully saturated rings. The lowest BCUT2D eigenvalue weighted by Gasteiger charge is -2.26. The first-order valence-electron chi connectivity index (χ1n) is 10.2. The van der Waals surface area contributed by atoms with E-state index in [9.17, 15) is 18.0 Å². The van der Waals surface area contributed by atoms with E-state index in [0.29, 0.717) is 12.2 Å². The van der Waals surface area contributed by atoms with Gasteiger partial charge in [-0.2, -0.15) is 5.10 Å². The Morgan fingerprint density at radius 1 is 1.27 bits per heavy atom. The lowest BCUT2D eigenvalue weighted by Crippen LogP contribution is -2.37. The monoisotopic (exact) mass is 460 g/mol. The average Bonchev–Trinajstić information content (AvgIpc) is 3.04. The van der Waals surface area contributed by atoms with E-state index in [-0.39, 0.29) is 35.0 Å². The van der Waals surface area contributed by atoms with Crippen LogP contribution in [0.1, 0.15) is 23.3 Å². The van der Waals surface area contributed by atoms with Crippen molar-refractivity contribution in [3.8, 4) is 11.3 Å². The van der Waals surface area contributed by atoms with Crippen molar-refractivity contribution in [2.75, 3.05) is 29.0 Å². The number of hydrogen-bond donors (Lipinski definition) is 3. The van der Waals surface area contributed by atoms with Gasteiger partial charge in [0.15, 0.2) is 17.3 Å². The van der Waals surface area contributed by atoms with Gasteiger partial charge >= 0.3 is 0 Å². The summed E-state index contributed by atoms with van der Waals surface area (Å²) >= 11 is 0. The number of carbonyl (C=O) groups is 1. The van der Waals surface area contributed by atoms with E-state index in [4.69, 9.17) is 11.5 Å². The number of nitrogen functional groups attached to an aromatic ring is 1. The summed E-state index contributed by atoms with van der Waals surface area (Å²) in [4.78, 5) is 22.6. The molecule has 2 aromatic heterocycles. The van der Waals surface area contributed by atoms with Crippen molar-refractivity contribution in [1.29, 1.82) is 0 Å². The highest BCUT2D eigenvalue weighted by Gasteiger charge is 2.38. The topological polar surface area (TPSA) is 128 Å². The van der Waals surface area contributed by atoms with Crippen molar-refractivity contribution in [3.63, 3.8) is 0 Å². The second-order valence-corrected chi connectivity index (χ2v) is 7.96. The van der Waals surface area contributed by atoms with Crippen LogP contribution in [-0.2, 0) is 7.05 Å². The number of anilines is 3. The molecule has 0 saturated carbocycles. The van der Waals surface area contributed by atoms with Gasteiger partial charge in [0.2, 0.25) is 0 Å². The Labute approximate surface area is 187 Å². The van der Waals surface area contributed by atoms with E-state index < -0.39 is 36.7 Å². The summed E-state index contributed by atoms with van der Waals surface area (Å²) in [5.41, 5.74) is 11.9. The normalized spacial score (nSPS) is 18.1. The van der Waals surface area contributed by atoms with Gasteiger partial charge in [-0.3, -0.25) is 9.48 Å². The second-order valence-electron chi connectivity index (χ2n) is 7.96. The van der Waals surface area contributed by atoms with Crippen LogP contribution in [0.15, 0.2) is 36.7 Å². The molecule has 3 heterocycles. The Bertz CT molecular complexity index is 1180. The molecule has 1 aromatic carbocycles. The Kier molecular flexibility index (Phi) is 5.93. The maximum atomic E-state index is 14.3. The van der Waals surface area contributed by atoms with Gasteiger partial charge in [-0.15, -0.1) is 0 Å². The van der Waals surface area contributed by atoms with Crippen LogP contribution < -0.4 is 21.7 Å². The highest BCUT2D eigenvalue weighted by molar-refractivity contribution is 6.07. The molecule has 0 unspecified atom stereocenters. The summed E-state index contributed by atoms with van der Waals surface area (Å²) in [6.45, 7) is -0.294. The van der Waals surface area contributed by atoms with Crippen LogP contribution in [0.5, 0.6) is 0 Å². The van der Waals surface area contributed by atoms with Gasteiger partial charge in [0.05, 0.1) is 24.6 Å². The summed E-state index contributed by atoms with van der Waals surface area (Å²) in [5.74, 6) is -4.12. The van der Waals surface area contributed by atoms with Crippen molar-refractivity contribution in [2.24, 2.45) is 12.8 Å². The molecule has 174 valence electrons. The molecule has 0 aliphatic carbocycles. The first-order chi connectivity index (χ1) is 15.6. The highest BCUT2D eigenvalue weighted by Crippen LogP contribution is 2.33. The molecule has 0 spiro atoms. The van der Waals surface area contributed by atoms with Crippen LogP contribution in [0, 0.1) is 5.82 Å². The number of alkyl halides is 2. The summed E-state index contributed by atoms with van der Waals surface area (Å²) in [6.07, 6.45) is 2.55. The van der Waals surface area contributed by atoms with E-state index in [0.717, 1.165) is 0 Å². The summed E-state index contributed by atoms with van der Waals surface area (Å²) in [7, 11) is 1.58. The number of halogens is 3. The number of nitrogens with zero attached hydrogens (tertiary/aromatic N) is 5. The molecule has 12 heteroatoms. The van der Waals surface area contributed by atoms with Gasteiger partial charge < -0.3 is 21.7 Å². The molecule has 1 saturated heterocycles. The number of rotatable bonds is 4. The van der Waals surface area contributed by atoms with Gasteiger partial charge in [-0.05, 0) is 18.6 Å². The highest BCUT2D eigenvalue weighted by atomic mass is 19.3. The molecule has 4 rings (SSSR count). The predicted octanol–water partition coefficient (Wildman–Crippen LogP) is 2.41.